The summed E-state index contributed by atoms with van der Waals surface area (Å²) in [5, 5.41) is 3.69. The maximum Gasteiger partial charge on any atom is 0.0475 e. The summed E-state index contributed by atoms with van der Waals surface area (Å²) in [5.74, 6) is 0. The van der Waals surface area contributed by atoms with Crippen molar-refractivity contribution in [2.75, 3.05) is 19.8 Å². The Balaban J connectivity index is 2.33. The standard InChI is InChI=1S/C16H25NO/c1-3-15(17-4-2)16(10-12-18-13-11-16)14-8-6-5-7-9-14/h5-9,15,17H,3-4,10-13H2,1-2H3. The normalized spacial score (nSPS) is 20.6. The lowest BCUT2D eigenvalue weighted by atomic mass is 9.68. The van der Waals surface area contributed by atoms with Crippen LogP contribution in [0.3, 0.4) is 0 Å². The summed E-state index contributed by atoms with van der Waals surface area (Å²) >= 11 is 0. The number of rotatable bonds is 5. The summed E-state index contributed by atoms with van der Waals surface area (Å²) in [7, 11) is 0. The van der Waals surface area contributed by atoms with E-state index in [2.05, 4.69) is 49.5 Å². The zero-order valence-corrected chi connectivity index (χ0v) is 11.6. The first-order valence-electron chi connectivity index (χ1n) is 7.20. The smallest absolute Gasteiger partial charge is 0.0475 e. The number of nitrogens with one attached hydrogen (secondary N) is 1. The summed E-state index contributed by atoms with van der Waals surface area (Å²) in [5.41, 5.74) is 1.73. The average Bonchev–Trinajstić information content (AvgIpc) is 2.46. The van der Waals surface area contributed by atoms with Crippen LogP contribution in [0.2, 0.25) is 0 Å². The monoisotopic (exact) mass is 247 g/mol. The first kappa shape index (κ1) is 13.6. The molecule has 0 bridgehead atoms. The molecule has 2 rings (SSSR count). The van der Waals surface area contributed by atoms with Crippen LogP contribution < -0.4 is 5.32 Å². The van der Waals surface area contributed by atoms with Crippen molar-refractivity contribution < 1.29 is 4.74 Å². The quantitative estimate of drug-likeness (QED) is 0.863. The Morgan fingerprint density at radius 3 is 2.39 bits per heavy atom. The third-order valence-electron chi connectivity index (χ3n) is 4.26. The minimum atomic E-state index is 0.254. The molecule has 0 saturated carbocycles. The van der Waals surface area contributed by atoms with Crippen molar-refractivity contribution in [1.82, 2.24) is 5.32 Å². The minimum absolute atomic E-state index is 0.254. The number of hydrogen-bond acceptors (Lipinski definition) is 2. The van der Waals surface area contributed by atoms with Crippen LogP contribution in [-0.2, 0) is 10.2 Å². The second-order valence-corrected chi connectivity index (χ2v) is 5.15. The van der Waals surface area contributed by atoms with Crippen LogP contribution >= 0.6 is 0 Å². The van der Waals surface area contributed by atoms with Gasteiger partial charge in [0.25, 0.3) is 0 Å². The molecule has 1 atom stereocenters. The fourth-order valence-electron chi connectivity index (χ4n) is 3.32. The Morgan fingerprint density at radius 1 is 1.17 bits per heavy atom. The van der Waals surface area contributed by atoms with E-state index in [0.717, 1.165) is 32.6 Å². The summed E-state index contributed by atoms with van der Waals surface area (Å²) < 4.78 is 5.59. The highest BCUT2D eigenvalue weighted by molar-refractivity contribution is 5.28. The van der Waals surface area contributed by atoms with Gasteiger partial charge in [-0.2, -0.15) is 0 Å². The Labute approximate surface area is 111 Å². The van der Waals surface area contributed by atoms with Crippen LogP contribution in [-0.4, -0.2) is 25.8 Å². The van der Waals surface area contributed by atoms with Crippen LogP contribution in [0.4, 0.5) is 0 Å². The topological polar surface area (TPSA) is 21.3 Å². The predicted octanol–water partition coefficient (Wildman–Crippen LogP) is 3.12. The first-order valence-corrected chi connectivity index (χ1v) is 7.20. The molecular formula is C16H25NO. The van der Waals surface area contributed by atoms with Crippen LogP contribution in [0, 0.1) is 0 Å². The van der Waals surface area contributed by atoms with Crippen molar-refractivity contribution in [2.45, 2.75) is 44.6 Å². The van der Waals surface area contributed by atoms with Crippen LogP contribution in [0.1, 0.15) is 38.7 Å². The summed E-state index contributed by atoms with van der Waals surface area (Å²) in [6.45, 7) is 7.29. The van der Waals surface area contributed by atoms with Crippen molar-refractivity contribution >= 4 is 0 Å². The molecule has 0 spiro atoms. The van der Waals surface area contributed by atoms with Gasteiger partial charge in [-0.15, -0.1) is 0 Å². The van der Waals surface area contributed by atoms with E-state index in [0.29, 0.717) is 6.04 Å². The molecule has 1 aliphatic heterocycles. The molecule has 2 nitrogen and oxygen atoms in total. The number of likely N-dealkylation sites (N-methyl/N-ethyl adjacent to an activating group) is 1. The highest BCUT2D eigenvalue weighted by Gasteiger charge is 2.40. The molecule has 1 aromatic rings. The number of ether oxygens (including phenoxy) is 1. The van der Waals surface area contributed by atoms with E-state index in [4.69, 9.17) is 4.74 Å². The van der Waals surface area contributed by atoms with Crippen LogP contribution in [0.15, 0.2) is 30.3 Å². The fourth-order valence-corrected chi connectivity index (χ4v) is 3.32. The fraction of sp³-hybridized carbons (Fsp3) is 0.625. The molecule has 1 N–H and O–H groups in total. The lowest BCUT2D eigenvalue weighted by Gasteiger charge is -2.44. The van der Waals surface area contributed by atoms with E-state index in [-0.39, 0.29) is 5.41 Å². The van der Waals surface area contributed by atoms with Gasteiger partial charge in [0.15, 0.2) is 0 Å². The Hall–Kier alpha value is -0.860. The molecule has 18 heavy (non-hydrogen) atoms. The lowest BCUT2D eigenvalue weighted by Crippen LogP contribution is -2.51. The van der Waals surface area contributed by atoms with Crippen LogP contribution in [0.25, 0.3) is 0 Å². The van der Waals surface area contributed by atoms with Gasteiger partial charge in [-0.05, 0) is 31.4 Å². The predicted molar refractivity (Wildman–Crippen MR) is 75.9 cm³/mol. The molecule has 1 saturated heterocycles. The van der Waals surface area contributed by atoms with E-state index in [1.807, 2.05) is 0 Å². The number of hydrogen-bond donors (Lipinski definition) is 1. The largest absolute Gasteiger partial charge is 0.381 e. The average molecular weight is 247 g/mol. The molecule has 0 aliphatic carbocycles. The molecule has 2 heteroatoms. The molecule has 0 amide bonds. The zero-order valence-electron chi connectivity index (χ0n) is 11.6. The van der Waals surface area contributed by atoms with Gasteiger partial charge in [0.1, 0.15) is 0 Å². The SMILES string of the molecule is CCNC(CC)C1(c2ccccc2)CCOCC1. The Kier molecular flexibility index (Phi) is 4.79. The highest BCUT2D eigenvalue weighted by Crippen LogP contribution is 2.39. The molecule has 1 fully saturated rings. The van der Waals surface area contributed by atoms with Gasteiger partial charge >= 0.3 is 0 Å². The van der Waals surface area contributed by atoms with Crippen molar-refractivity contribution in [3.63, 3.8) is 0 Å². The van der Waals surface area contributed by atoms with E-state index < -0.39 is 0 Å². The van der Waals surface area contributed by atoms with E-state index in [1.165, 1.54) is 12.0 Å². The van der Waals surface area contributed by atoms with Crippen molar-refractivity contribution in [1.29, 1.82) is 0 Å². The third-order valence-corrected chi connectivity index (χ3v) is 4.26. The van der Waals surface area contributed by atoms with Gasteiger partial charge in [-0.25, -0.2) is 0 Å². The molecule has 1 unspecified atom stereocenters. The zero-order chi connectivity index (χ0) is 12.8. The van der Waals surface area contributed by atoms with Gasteiger partial charge < -0.3 is 10.1 Å². The molecular weight excluding hydrogens is 222 g/mol. The van der Waals surface area contributed by atoms with Gasteiger partial charge in [-0.3, -0.25) is 0 Å². The maximum absolute atomic E-state index is 5.59. The summed E-state index contributed by atoms with van der Waals surface area (Å²) in [4.78, 5) is 0. The molecule has 0 aromatic heterocycles. The highest BCUT2D eigenvalue weighted by atomic mass is 16.5. The Morgan fingerprint density at radius 2 is 1.83 bits per heavy atom. The summed E-state index contributed by atoms with van der Waals surface area (Å²) in [6.07, 6.45) is 3.42. The van der Waals surface area contributed by atoms with Gasteiger partial charge in [0.2, 0.25) is 0 Å². The van der Waals surface area contributed by atoms with Gasteiger partial charge in [0.05, 0.1) is 0 Å². The molecule has 0 radical (unpaired) electrons. The molecule has 1 heterocycles. The first-order chi connectivity index (χ1) is 8.83. The maximum atomic E-state index is 5.59. The van der Waals surface area contributed by atoms with Crippen LogP contribution in [0.5, 0.6) is 0 Å². The second kappa shape index (κ2) is 6.35. The van der Waals surface area contributed by atoms with E-state index in [1.54, 1.807) is 0 Å². The minimum Gasteiger partial charge on any atom is -0.381 e. The van der Waals surface area contributed by atoms with E-state index >= 15 is 0 Å². The molecule has 1 aromatic carbocycles. The van der Waals surface area contributed by atoms with Crippen molar-refractivity contribution in [3.8, 4) is 0 Å². The van der Waals surface area contributed by atoms with Crippen molar-refractivity contribution in [2.24, 2.45) is 0 Å². The van der Waals surface area contributed by atoms with Gasteiger partial charge in [-0.1, -0.05) is 44.2 Å². The molecule has 100 valence electrons. The Bertz CT molecular complexity index is 343. The number of benzene rings is 1. The lowest BCUT2D eigenvalue weighted by molar-refractivity contribution is 0.0339. The van der Waals surface area contributed by atoms with Crippen molar-refractivity contribution in [3.05, 3.63) is 35.9 Å². The van der Waals surface area contributed by atoms with Gasteiger partial charge in [0, 0.05) is 24.7 Å². The third kappa shape index (κ3) is 2.60. The van der Waals surface area contributed by atoms with E-state index in [9.17, 15) is 0 Å². The molecule has 1 aliphatic rings. The second-order valence-electron chi connectivity index (χ2n) is 5.15. The summed E-state index contributed by atoms with van der Waals surface area (Å²) in [6, 6.07) is 11.5.